The van der Waals surface area contributed by atoms with E-state index in [-0.39, 0.29) is 0 Å². The fourth-order valence-corrected chi connectivity index (χ4v) is 2.65. The van der Waals surface area contributed by atoms with Gasteiger partial charge in [0.1, 0.15) is 11.6 Å². The van der Waals surface area contributed by atoms with Crippen LogP contribution in [0.15, 0.2) is 11.2 Å². The zero-order chi connectivity index (χ0) is 12.8. The Morgan fingerprint density at radius 2 is 1.78 bits per heavy atom. The quantitative estimate of drug-likeness (QED) is 0.673. The van der Waals surface area contributed by atoms with Crippen molar-refractivity contribution in [1.29, 1.82) is 0 Å². The van der Waals surface area contributed by atoms with Crippen LogP contribution in [0.3, 0.4) is 0 Å². The lowest BCUT2D eigenvalue weighted by molar-refractivity contribution is 0.552. The molecule has 1 aromatic heterocycles. The molecule has 0 amide bonds. The summed E-state index contributed by atoms with van der Waals surface area (Å²) in [6, 6.07) is 2.06. The highest BCUT2D eigenvalue weighted by atomic mass is 32.2. The van der Waals surface area contributed by atoms with Crippen LogP contribution < -0.4 is 10.2 Å². The molecule has 1 aliphatic rings. The van der Waals surface area contributed by atoms with Gasteiger partial charge >= 0.3 is 0 Å². The zero-order valence-electron chi connectivity index (χ0n) is 11.3. The molecule has 2 rings (SSSR count). The fraction of sp³-hybridized carbons (Fsp3) is 0.692. The van der Waals surface area contributed by atoms with Gasteiger partial charge in [-0.3, -0.25) is 0 Å². The molecule has 0 radical (unpaired) electrons. The average Bonchev–Trinajstić information content (AvgIpc) is 2.37. The largest absolute Gasteiger partial charge is 0.373 e. The average molecular weight is 266 g/mol. The Bertz CT molecular complexity index is 353. The number of thioether (sulfide) groups is 1. The van der Waals surface area contributed by atoms with Crippen LogP contribution >= 0.6 is 11.8 Å². The lowest BCUT2D eigenvalue weighted by Gasteiger charge is -2.26. The Morgan fingerprint density at radius 3 is 2.39 bits per heavy atom. The predicted molar refractivity (Wildman–Crippen MR) is 78.7 cm³/mol. The van der Waals surface area contributed by atoms with Crippen LogP contribution in [-0.4, -0.2) is 36.4 Å². The van der Waals surface area contributed by atoms with Crippen molar-refractivity contribution in [2.45, 2.75) is 37.3 Å². The first-order chi connectivity index (χ1) is 8.83. The molecule has 0 atom stereocenters. The summed E-state index contributed by atoms with van der Waals surface area (Å²) in [4.78, 5) is 11.5. The SMILES string of the molecule is CNc1cc(N2CCCCCCC2)nc(SC)n1. The van der Waals surface area contributed by atoms with E-state index in [0.29, 0.717) is 0 Å². The van der Waals surface area contributed by atoms with Crippen molar-refractivity contribution in [2.24, 2.45) is 0 Å². The van der Waals surface area contributed by atoms with E-state index in [0.717, 1.165) is 29.9 Å². The molecule has 0 spiro atoms. The van der Waals surface area contributed by atoms with Crippen molar-refractivity contribution in [3.05, 3.63) is 6.07 Å². The van der Waals surface area contributed by atoms with Crippen LogP contribution in [0.5, 0.6) is 0 Å². The lowest BCUT2D eigenvalue weighted by Crippen LogP contribution is -2.28. The Kier molecular flexibility index (Phi) is 5.11. The van der Waals surface area contributed by atoms with Crippen LogP contribution in [-0.2, 0) is 0 Å². The minimum Gasteiger partial charge on any atom is -0.373 e. The predicted octanol–water partition coefficient (Wildman–Crippen LogP) is 3.01. The molecule has 0 bridgehead atoms. The van der Waals surface area contributed by atoms with Crippen molar-refractivity contribution in [1.82, 2.24) is 9.97 Å². The van der Waals surface area contributed by atoms with Crippen LogP contribution in [0, 0.1) is 0 Å². The molecule has 18 heavy (non-hydrogen) atoms. The van der Waals surface area contributed by atoms with Gasteiger partial charge in [0.05, 0.1) is 0 Å². The minimum absolute atomic E-state index is 0.846. The number of hydrogen-bond donors (Lipinski definition) is 1. The standard InChI is InChI=1S/C13H22N4S/c1-14-11-10-12(16-13(15-11)18-2)17-8-6-4-3-5-7-9-17/h10H,3-9H2,1-2H3,(H,14,15,16). The van der Waals surface area contributed by atoms with E-state index in [2.05, 4.69) is 26.3 Å². The maximum Gasteiger partial charge on any atom is 0.191 e. The molecule has 0 aromatic carbocycles. The van der Waals surface area contributed by atoms with Gasteiger partial charge in [-0.05, 0) is 19.1 Å². The van der Waals surface area contributed by atoms with E-state index in [4.69, 9.17) is 0 Å². The number of nitrogens with one attached hydrogen (secondary N) is 1. The molecule has 1 saturated heterocycles. The summed E-state index contributed by atoms with van der Waals surface area (Å²) in [7, 11) is 1.91. The van der Waals surface area contributed by atoms with E-state index in [1.807, 2.05) is 13.3 Å². The van der Waals surface area contributed by atoms with E-state index in [1.54, 1.807) is 11.8 Å². The monoisotopic (exact) mass is 266 g/mol. The minimum atomic E-state index is 0.846. The number of nitrogens with zero attached hydrogens (tertiary/aromatic N) is 3. The highest BCUT2D eigenvalue weighted by Gasteiger charge is 2.12. The third kappa shape index (κ3) is 3.51. The van der Waals surface area contributed by atoms with Crippen molar-refractivity contribution >= 4 is 23.4 Å². The van der Waals surface area contributed by atoms with Gasteiger partial charge in [-0.25, -0.2) is 9.97 Å². The van der Waals surface area contributed by atoms with Crippen molar-refractivity contribution < 1.29 is 0 Å². The second kappa shape index (κ2) is 6.83. The molecular weight excluding hydrogens is 244 g/mol. The maximum absolute atomic E-state index is 4.63. The Morgan fingerprint density at radius 1 is 1.11 bits per heavy atom. The van der Waals surface area contributed by atoms with Crippen LogP contribution in [0.1, 0.15) is 32.1 Å². The number of anilines is 2. The zero-order valence-corrected chi connectivity index (χ0v) is 12.1. The molecular formula is C13H22N4S. The summed E-state index contributed by atoms with van der Waals surface area (Å²) in [5.41, 5.74) is 0. The van der Waals surface area contributed by atoms with Gasteiger partial charge in [-0.1, -0.05) is 31.0 Å². The van der Waals surface area contributed by atoms with Gasteiger partial charge in [0.2, 0.25) is 0 Å². The van der Waals surface area contributed by atoms with E-state index in [9.17, 15) is 0 Å². The smallest absolute Gasteiger partial charge is 0.191 e. The van der Waals surface area contributed by atoms with Gasteiger partial charge in [0, 0.05) is 26.2 Å². The summed E-state index contributed by atoms with van der Waals surface area (Å²) >= 11 is 1.60. The van der Waals surface area contributed by atoms with Gasteiger partial charge in [-0.2, -0.15) is 0 Å². The van der Waals surface area contributed by atoms with Crippen LogP contribution in [0.2, 0.25) is 0 Å². The number of aromatic nitrogens is 2. The second-order valence-corrected chi connectivity index (χ2v) is 5.38. The Hall–Kier alpha value is -0.970. The summed E-state index contributed by atoms with van der Waals surface area (Å²) < 4.78 is 0. The molecule has 2 heterocycles. The van der Waals surface area contributed by atoms with Gasteiger partial charge in [0.15, 0.2) is 5.16 Å². The number of rotatable bonds is 3. The van der Waals surface area contributed by atoms with Gasteiger partial charge < -0.3 is 10.2 Å². The molecule has 1 aliphatic heterocycles. The van der Waals surface area contributed by atoms with Crippen molar-refractivity contribution in [2.75, 3.05) is 36.6 Å². The molecule has 5 heteroatoms. The highest BCUT2D eigenvalue weighted by molar-refractivity contribution is 7.98. The van der Waals surface area contributed by atoms with E-state index in [1.165, 1.54) is 32.1 Å². The lowest BCUT2D eigenvalue weighted by atomic mass is 10.1. The first-order valence-corrected chi connectivity index (χ1v) is 7.91. The third-order valence-electron chi connectivity index (χ3n) is 3.31. The third-order valence-corrected chi connectivity index (χ3v) is 3.86. The summed E-state index contributed by atoms with van der Waals surface area (Å²) in [6.07, 6.45) is 8.63. The van der Waals surface area contributed by atoms with Gasteiger partial charge in [-0.15, -0.1) is 0 Å². The molecule has 0 unspecified atom stereocenters. The van der Waals surface area contributed by atoms with Gasteiger partial charge in [0.25, 0.3) is 0 Å². The normalized spacial score (nSPS) is 17.1. The van der Waals surface area contributed by atoms with E-state index < -0.39 is 0 Å². The Balaban J connectivity index is 2.18. The molecule has 1 N–H and O–H groups in total. The molecule has 1 fully saturated rings. The van der Waals surface area contributed by atoms with Crippen molar-refractivity contribution in [3.63, 3.8) is 0 Å². The summed E-state index contributed by atoms with van der Waals surface area (Å²) in [6.45, 7) is 2.24. The molecule has 4 nitrogen and oxygen atoms in total. The highest BCUT2D eigenvalue weighted by Crippen LogP contribution is 2.22. The second-order valence-electron chi connectivity index (χ2n) is 4.60. The van der Waals surface area contributed by atoms with Crippen LogP contribution in [0.4, 0.5) is 11.6 Å². The maximum atomic E-state index is 4.63. The summed E-state index contributed by atoms with van der Waals surface area (Å²) in [5, 5.41) is 3.96. The fourth-order valence-electron chi connectivity index (χ4n) is 2.27. The molecule has 0 saturated carbocycles. The molecule has 0 aliphatic carbocycles. The molecule has 100 valence electrons. The first kappa shape index (κ1) is 13.5. The summed E-state index contributed by atoms with van der Waals surface area (Å²) in [5.74, 6) is 1.98. The first-order valence-electron chi connectivity index (χ1n) is 6.69. The Labute approximate surface area is 114 Å². The van der Waals surface area contributed by atoms with Crippen molar-refractivity contribution in [3.8, 4) is 0 Å². The topological polar surface area (TPSA) is 41.0 Å². The molecule has 1 aromatic rings. The van der Waals surface area contributed by atoms with Crippen LogP contribution in [0.25, 0.3) is 0 Å². The number of hydrogen-bond acceptors (Lipinski definition) is 5. The van der Waals surface area contributed by atoms with E-state index >= 15 is 0 Å².